The number of hydrogen-bond acceptors (Lipinski definition) is 6. The summed E-state index contributed by atoms with van der Waals surface area (Å²) in [5.41, 5.74) is 4.43. The smallest absolute Gasteiger partial charge is 0.255 e. The van der Waals surface area contributed by atoms with E-state index in [1.165, 1.54) is 0 Å². The molecule has 8 nitrogen and oxygen atoms in total. The van der Waals surface area contributed by atoms with Gasteiger partial charge in [-0.15, -0.1) is 0 Å². The third-order valence-electron chi connectivity index (χ3n) is 6.90. The molecule has 34 heavy (non-hydrogen) atoms. The number of benzene rings is 1. The molecule has 2 aromatic heterocycles. The molecule has 1 saturated heterocycles. The molecule has 0 bridgehead atoms. The molecular formula is C25H25ClN4O4. The molecule has 2 fully saturated rings. The molecule has 6 rings (SSSR count). The van der Waals surface area contributed by atoms with Crippen LogP contribution in [0.3, 0.4) is 0 Å². The van der Waals surface area contributed by atoms with Gasteiger partial charge in [0, 0.05) is 42.4 Å². The molecule has 176 valence electrons. The molecule has 3 N–H and O–H groups in total. The Hall–Kier alpha value is -3.23. The third kappa shape index (κ3) is 3.49. The van der Waals surface area contributed by atoms with E-state index >= 15 is 0 Å². The summed E-state index contributed by atoms with van der Waals surface area (Å²) in [5, 5.41) is 7.00. The number of aromatic amines is 1. The summed E-state index contributed by atoms with van der Waals surface area (Å²) in [6.45, 7) is 1.86. The second-order valence-electron chi connectivity index (χ2n) is 9.00. The van der Waals surface area contributed by atoms with E-state index in [1.807, 2.05) is 18.2 Å². The minimum atomic E-state index is -0.113. The van der Waals surface area contributed by atoms with Crippen LogP contribution in [0.5, 0.6) is 11.5 Å². The van der Waals surface area contributed by atoms with E-state index in [-0.39, 0.29) is 17.4 Å². The molecule has 1 spiro atoms. The summed E-state index contributed by atoms with van der Waals surface area (Å²) in [6.07, 6.45) is 6.55. The fourth-order valence-corrected chi connectivity index (χ4v) is 4.96. The number of para-hydroxylation sites is 1. The molecule has 9 heteroatoms. The zero-order valence-electron chi connectivity index (χ0n) is 18.7. The van der Waals surface area contributed by atoms with Crippen LogP contribution < -0.4 is 20.1 Å². The van der Waals surface area contributed by atoms with E-state index in [0.717, 1.165) is 42.8 Å². The van der Waals surface area contributed by atoms with Gasteiger partial charge >= 0.3 is 0 Å². The Labute approximate surface area is 202 Å². The number of nitrogens with zero attached hydrogens (tertiary/aromatic N) is 1. The van der Waals surface area contributed by atoms with Crippen LogP contribution in [-0.4, -0.2) is 48.8 Å². The molecule has 1 saturated carbocycles. The molecule has 1 amide bonds. The van der Waals surface area contributed by atoms with Crippen molar-refractivity contribution in [1.82, 2.24) is 15.3 Å². The van der Waals surface area contributed by atoms with Gasteiger partial charge in [-0.3, -0.25) is 9.78 Å². The van der Waals surface area contributed by atoms with E-state index in [4.69, 9.17) is 25.8 Å². The zero-order chi connectivity index (χ0) is 23.3. The Morgan fingerprint density at radius 2 is 2.18 bits per heavy atom. The van der Waals surface area contributed by atoms with Gasteiger partial charge in [0.25, 0.3) is 5.91 Å². The van der Waals surface area contributed by atoms with Crippen LogP contribution in [0, 0.1) is 0 Å². The number of carbonyl (C=O) groups excluding carboxylic acids is 1. The summed E-state index contributed by atoms with van der Waals surface area (Å²) in [4.78, 5) is 21.0. The second-order valence-corrected chi connectivity index (χ2v) is 9.41. The predicted molar refractivity (Wildman–Crippen MR) is 128 cm³/mol. The Morgan fingerprint density at radius 3 is 2.91 bits per heavy atom. The minimum Gasteiger partial charge on any atom is -0.493 e. The number of halogens is 1. The van der Waals surface area contributed by atoms with Crippen LogP contribution in [0.4, 0.5) is 11.4 Å². The van der Waals surface area contributed by atoms with Gasteiger partial charge in [-0.2, -0.15) is 0 Å². The number of H-pyrrole nitrogens is 1. The molecule has 2 aliphatic heterocycles. The highest BCUT2D eigenvalue weighted by atomic mass is 35.5. The monoisotopic (exact) mass is 480 g/mol. The zero-order valence-corrected chi connectivity index (χ0v) is 19.5. The van der Waals surface area contributed by atoms with Gasteiger partial charge in [0.15, 0.2) is 5.75 Å². The number of rotatable bonds is 7. The number of aromatic nitrogens is 2. The maximum Gasteiger partial charge on any atom is 0.255 e. The van der Waals surface area contributed by atoms with Crippen LogP contribution in [0.25, 0.3) is 11.3 Å². The van der Waals surface area contributed by atoms with Crippen molar-refractivity contribution in [2.75, 3.05) is 32.2 Å². The van der Waals surface area contributed by atoms with Crippen molar-refractivity contribution in [2.24, 2.45) is 0 Å². The summed E-state index contributed by atoms with van der Waals surface area (Å²) < 4.78 is 17.2. The van der Waals surface area contributed by atoms with Crippen molar-refractivity contribution in [3.05, 3.63) is 52.9 Å². The number of pyridine rings is 1. The first-order valence-electron chi connectivity index (χ1n) is 11.4. The first-order chi connectivity index (χ1) is 16.6. The van der Waals surface area contributed by atoms with E-state index in [9.17, 15) is 4.79 Å². The number of methoxy groups -OCH3 is 1. The lowest BCUT2D eigenvalue weighted by atomic mass is 9.93. The molecule has 1 aliphatic carbocycles. The number of hydrogen-bond donors (Lipinski definition) is 3. The number of fused-ring (bicyclic) bond motifs is 2. The van der Waals surface area contributed by atoms with E-state index < -0.39 is 0 Å². The summed E-state index contributed by atoms with van der Waals surface area (Å²) >= 11 is 6.38. The minimum absolute atomic E-state index is 0.0514. The van der Waals surface area contributed by atoms with Crippen LogP contribution >= 0.6 is 11.6 Å². The summed E-state index contributed by atoms with van der Waals surface area (Å²) in [7, 11) is 1.57. The van der Waals surface area contributed by atoms with Crippen molar-refractivity contribution >= 4 is 28.9 Å². The van der Waals surface area contributed by atoms with Crippen LogP contribution in [0.1, 0.15) is 35.3 Å². The van der Waals surface area contributed by atoms with E-state index in [2.05, 4.69) is 20.6 Å². The average molecular weight is 481 g/mol. The second kappa shape index (κ2) is 8.21. The van der Waals surface area contributed by atoms with Crippen LogP contribution in [0.15, 0.2) is 36.7 Å². The van der Waals surface area contributed by atoms with Crippen molar-refractivity contribution in [3.63, 3.8) is 0 Å². The van der Waals surface area contributed by atoms with Crippen LogP contribution in [0.2, 0.25) is 5.02 Å². The molecule has 3 aromatic rings. The van der Waals surface area contributed by atoms with Crippen molar-refractivity contribution in [2.45, 2.75) is 30.8 Å². The average Bonchev–Trinajstić information content (AvgIpc) is 3.49. The number of amides is 1. The quantitative estimate of drug-likeness (QED) is 0.463. The van der Waals surface area contributed by atoms with Crippen molar-refractivity contribution in [3.8, 4) is 22.8 Å². The fourth-order valence-electron chi connectivity index (χ4n) is 4.71. The van der Waals surface area contributed by atoms with Crippen LogP contribution in [-0.2, 0) is 10.2 Å². The fraction of sp³-hybridized carbons (Fsp3) is 0.360. The number of carbonyl (C=O) groups is 1. The Morgan fingerprint density at radius 1 is 1.32 bits per heavy atom. The highest BCUT2D eigenvalue weighted by Crippen LogP contribution is 2.54. The van der Waals surface area contributed by atoms with Gasteiger partial charge in [-0.25, -0.2) is 0 Å². The van der Waals surface area contributed by atoms with E-state index in [1.54, 1.807) is 25.6 Å². The summed E-state index contributed by atoms with van der Waals surface area (Å²) in [5.74, 6) is 1.02. The molecule has 1 aromatic carbocycles. The largest absolute Gasteiger partial charge is 0.493 e. The first-order valence-corrected chi connectivity index (χ1v) is 11.8. The lowest BCUT2D eigenvalue weighted by Gasteiger charge is -2.26. The van der Waals surface area contributed by atoms with Gasteiger partial charge < -0.3 is 29.8 Å². The van der Waals surface area contributed by atoms with Crippen molar-refractivity contribution in [1.29, 1.82) is 0 Å². The molecule has 0 radical (unpaired) electrons. The summed E-state index contributed by atoms with van der Waals surface area (Å²) in [6, 6.07) is 7.38. The predicted octanol–water partition coefficient (Wildman–Crippen LogP) is 4.43. The lowest BCUT2D eigenvalue weighted by molar-refractivity contribution is -0.0720. The molecule has 3 aliphatic rings. The molecule has 0 unspecified atom stereocenters. The Bertz CT molecular complexity index is 1270. The van der Waals surface area contributed by atoms with E-state index in [0.29, 0.717) is 46.6 Å². The SMILES string of the molecule is COc1c(Cl)cccc1Nc1c(-c2ccncc2OC[C@@H]2CCO2)[nH]c2c1C(=O)NCC21CC1. The number of anilines is 2. The first kappa shape index (κ1) is 21.3. The normalized spacial score (nSPS) is 19.7. The molecule has 4 heterocycles. The number of ether oxygens (including phenoxy) is 3. The van der Waals surface area contributed by atoms with Gasteiger partial charge in [-0.1, -0.05) is 17.7 Å². The number of nitrogens with one attached hydrogen (secondary N) is 3. The standard InChI is InChI=1S/C25H25ClN4O4/c1-32-22-16(26)3-2-4-17(22)29-21-19-23(25(7-8-25)13-28-24(19)31)30-20(21)15-5-9-27-11-18(15)34-12-14-6-10-33-14/h2-5,9,11,14,29-30H,6-8,10,12-13H2,1H3,(H,28,31)/t14-/m0/s1. The topological polar surface area (TPSA) is 97.5 Å². The Balaban J connectivity index is 1.49. The molecule has 1 atom stereocenters. The third-order valence-corrected chi connectivity index (χ3v) is 7.20. The Kier molecular flexibility index (Phi) is 5.15. The molecular weight excluding hydrogens is 456 g/mol. The van der Waals surface area contributed by atoms with Gasteiger partial charge in [0.1, 0.15) is 12.4 Å². The maximum absolute atomic E-state index is 13.1. The highest BCUT2D eigenvalue weighted by molar-refractivity contribution is 6.32. The maximum atomic E-state index is 13.1. The highest BCUT2D eigenvalue weighted by Gasteiger charge is 2.51. The van der Waals surface area contributed by atoms with Crippen molar-refractivity contribution < 1.29 is 19.0 Å². The van der Waals surface area contributed by atoms with Gasteiger partial charge in [0.2, 0.25) is 0 Å². The van der Waals surface area contributed by atoms with Gasteiger partial charge in [-0.05, 0) is 31.0 Å². The van der Waals surface area contributed by atoms with Gasteiger partial charge in [0.05, 0.1) is 47.1 Å². The lowest BCUT2D eigenvalue weighted by Crippen LogP contribution is -2.39.